The molecule has 2 aromatic rings. The van der Waals surface area contributed by atoms with Crippen molar-refractivity contribution in [2.75, 3.05) is 11.1 Å². The average molecular weight is 291 g/mol. The lowest BCUT2D eigenvalue weighted by molar-refractivity contribution is 0.629. The first-order valence-corrected chi connectivity index (χ1v) is 7.74. The van der Waals surface area contributed by atoms with E-state index >= 15 is 0 Å². The highest BCUT2D eigenvalue weighted by atomic mass is 32.1. The van der Waals surface area contributed by atoms with Crippen molar-refractivity contribution in [1.82, 2.24) is 15.0 Å². The Morgan fingerprint density at radius 3 is 2.70 bits per heavy atom. The minimum Gasteiger partial charge on any atom is -0.368 e. The fraction of sp³-hybridized carbons (Fsp3) is 0.500. The average Bonchev–Trinajstić information content (AvgIpc) is 2.79. The van der Waals surface area contributed by atoms with Gasteiger partial charge in [-0.1, -0.05) is 6.92 Å². The van der Waals surface area contributed by atoms with Crippen LogP contribution in [0.5, 0.6) is 0 Å². The molecule has 0 aliphatic heterocycles. The maximum Gasteiger partial charge on any atom is 0.227 e. The molecular formula is C14H21N5S. The fourth-order valence-corrected chi connectivity index (χ4v) is 3.02. The minimum absolute atomic E-state index is 0.268. The number of aryl methyl sites for hydroxylation is 3. The highest BCUT2D eigenvalue weighted by molar-refractivity contribution is 7.10. The van der Waals surface area contributed by atoms with Gasteiger partial charge in [0, 0.05) is 10.9 Å². The van der Waals surface area contributed by atoms with Crippen LogP contribution < -0.4 is 11.1 Å². The summed E-state index contributed by atoms with van der Waals surface area (Å²) in [5.74, 6) is 1.48. The van der Waals surface area contributed by atoms with E-state index in [-0.39, 0.29) is 5.95 Å². The molecule has 6 heteroatoms. The summed E-state index contributed by atoms with van der Waals surface area (Å²) < 4.78 is 0. The lowest BCUT2D eigenvalue weighted by Crippen LogP contribution is -2.21. The van der Waals surface area contributed by atoms with E-state index in [0.29, 0.717) is 17.8 Å². The summed E-state index contributed by atoms with van der Waals surface area (Å²) in [5, 5.41) is 5.50. The second kappa shape index (κ2) is 6.65. The third-order valence-electron chi connectivity index (χ3n) is 3.28. The number of nitrogens with two attached hydrogens (primary N) is 1. The molecule has 0 spiro atoms. The highest BCUT2D eigenvalue weighted by Gasteiger charge is 2.10. The molecular weight excluding hydrogens is 270 g/mol. The second-order valence-corrected chi connectivity index (χ2v) is 5.88. The van der Waals surface area contributed by atoms with Crippen LogP contribution in [0.2, 0.25) is 0 Å². The van der Waals surface area contributed by atoms with E-state index in [1.165, 1.54) is 10.4 Å². The quantitative estimate of drug-likeness (QED) is 0.855. The SMILES string of the molecule is CCC(CCc1sccc1C)Nc1nc(C)nc(N)n1. The first kappa shape index (κ1) is 14.7. The van der Waals surface area contributed by atoms with Crippen LogP contribution in [0.3, 0.4) is 0 Å². The first-order valence-electron chi connectivity index (χ1n) is 6.86. The number of thiophene rings is 1. The first-order chi connectivity index (χ1) is 9.58. The Morgan fingerprint density at radius 2 is 2.10 bits per heavy atom. The van der Waals surface area contributed by atoms with Gasteiger partial charge in [-0.05, 0) is 50.1 Å². The predicted octanol–water partition coefficient (Wildman–Crippen LogP) is 2.96. The van der Waals surface area contributed by atoms with E-state index < -0.39 is 0 Å². The number of hydrogen-bond donors (Lipinski definition) is 2. The van der Waals surface area contributed by atoms with E-state index in [4.69, 9.17) is 5.73 Å². The van der Waals surface area contributed by atoms with Gasteiger partial charge in [0.25, 0.3) is 0 Å². The third-order valence-corrected chi connectivity index (χ3v) is 4.36. The monoisotopic (exact) mass is 291 g/mol. The van der Waals surface area contributed by atoms with Crippen LogP contribution in [0, 0.1) is 13.8 Å². The summed E-state index contributed by atoms with van der Waals surface area (Å²) in [6.07, 6.45) is 3.16. The van der Waals surface area contributed by atoms with E-state index in [9.17, 15) is 0 Å². The van der Waals surface area contributed by atoms with Gasteiger partial charge in [0.05, 0.1) is 0 Å². The molecule has 0 aliphatic carbocycles. The van der Waals surface area contributed by atoms with Gasteiger partial charge in [0.15, 0.2) is 0 Å². The molecule has 0 bridgehead atoms. The van der Waals surface area contributed by atoms with Crippen molar-refractivity contribution in [3.63, 3.8) is 0 Å². The smallest absolute Gasteiger partial charge is 0.227 e. The van der Waals surface area contributed by atoms with Gasteiger partial charge in [-0.2, -0.15) is 15.0 Å². The number of aromatic nitrogens is 3. The van der Waals surface area contributed by atoms with Gasteiger partial charge >= 0.3 is 0 Å². The maximum atomic E-state index is 5.65. The molecule has 3 N–H and O–H groups in total. The Labute approximate surface area is 123 Å². The molecule has 108 valence electrons. The van der Waals surface area contributed by atoms with E-state index in [2.05, 4.69) is 45.6 Å². The Balaban J connectivity index is 1.96. The molecule has 0 aliphatic rings. The molecule has 5 nitrogen and oxygen atoms in total. The number of nitrogen functional groups attached to an aromatic ring is 1. The van der Waals surface area contributed by atoms with Crippen molar-refractivity contribution in [1.29, 1.82) is 0 Å². The maximum absolute atomic E-state index is 5.65. The normalized spacial score (nSPS) is 12.3. The van der Waals surface area contributed by atoms with Crippen LogP contribution in [0.4, 0.5) is 11.9 Å². The zero-order valence-electron chi connectivity index (χ0n) is 12.2. The predicted molar refractivity (Wildman–Crippen MR) is 84.1 cm³/mol. The molecule has 0 fully saturated rings. The summed E-state index contributed by atoms with van der Waals surface area (Å²) in [7, 11) is 0. The summed E-state index contributed by atoms with van der Waals surface area (Å²) in [4.78, 5) is 13.8. The van der Waals surface area contributed by atoms with Crippen LogP contribution in [0.15, 0.2) is 11.4 Å². The molecule has 2 aromatic heterocycles. The molecule has 20 heavy (non-hydrogen) atoms. The number of rotatable bonds is 6. The van der Waals surface area contributed by atoms with Gasteiger partial charge in [-0.3, -0.25) is 0 Å². The molecule has 2 rings (SSSR count). The van der Waals surface area contributed by atoms with Gasteiger partial charge < -0.3 is 11.1 Å². The molecule has 0 saturated heterocycles. The number of nitrogens with one attached hydrogen (secondary N) is 1. The standard InChI is InChI=1S/C14H21N5S/c1-4-11(5-6-12-9(2)7-8-20-12)18-14-17-10(3)16-13(15)19-14/h7-8,11H,4-6H2,1-3H3,(H3,15,16,17,18,19). The summed E-state index contributed by atoms with van der Waals surface area (Å²) in [6, 6.07) is 2.52. The Hall–Kier alpha value is -1.69. The van der Waals surface area contributed by atoms with Crippen molar-refractivity contribution in [3.8, 4) is 0 Å². The summed E-state index contributed by atoms with van der Waals surface area (Å²) >= 11 is 1.82. The van der Waals surface area contributed by atoms with E-state index in [1.54, 1.807) is 0 Å². The van der Waals surface area contributed by atoms with Crippen molar-refractivity contribution in [2.45, 2.75) is 46.1 Å². The van der Waals surface area contributed by atoms with Gasteiger partial charge in [-0.25, -0.2) is 0 Å². The molecule has 1 unspecified atom stereocenters. The van der Waals surface area contributed by atoms with Crippen molar-refractivity contribution >= 4 is 23.2 Å². The van der Waals surface area contributed by atoms with Crippen LogP contribution in [-0.2, 0) is 6.42 Å². The second-order valence-electron chi connectivity index (χ2n) is 4.88. The molecule has 0 saturated carbocycles. The summed E-state index contributed by atoms with van der Waals surface area (Å²) in [6.45, 7) is 6.14. The Morgan fingerprint density at radius 1 is 1.30 bits per heavy atom. The number of hydrogen-bond acceptors (Lipinski definition) is 6. The molecule has 0 aromatic carbocycles. The van der Waals surface area contributed by atoms with Crippen molar-refractivity contribution < 1.29 is 0 Å². The molecule has 0 amide bonds. The van der Waals surface area contributed by atoms with E-state index in [0.717, 1.165) is 19.3 Å². The van der Waals surface area contributed by atoms with E-state index in [1.807, 2.05) is 18.3 Å². The van der Waals surface area contributed by atoms with Crippen LogP contribution >= 0.6 is 11.3 Å². The van der Waals surface area contributed by atoms with Crippen molar-refractivity contribution in [2.24, 2.45) is 0 Å². The minimum atomic E-state index is 0.268. The Bertz CT molecular complexity index is 546. The number of anilines is 2. The molecule has 0 radical (unpaired) electrons. The number of nitrogens with zero attached hydrogens (tertiary/aromatic N) is 3. The highest BCUT2D eigenvalue weighted by Crippen LogP contribution is 2.19. The lowest BCUT2D eigenvalue weighted by Gasteiger charge is -2.17. The van der Waals surface area contributed by atoms with Crippen molar-refractivity contribution in [3.05, 3.63) is 27.7 Å². The lowest BCUT2D eigenvalue weighted by atomic mass is 10.1. The zero-order valence-corrected chi connectivity index (χ0v) is 13.0. The topological polar surface area (TPSA) is 76.7 Å². The third kappa shape index (κ3) is 3.90. The van der Waals surface area contributed by atoms with Gasteiger partial charge in [-0.15, -0.1) is 11.3 Å². The fourth-order valence-electron chi connectivity index (χ4n) is 2.09. The van der Waals surface area contributed by atoms with Crippen LogP contribution in [0.1, 0.15) is 36.0 Å². The largest absolute Gasteiger partial charge is 0.368 e. The van der Waals surface area contributed by atoms with Crippen LogP contribution in [0.25, 0.3) is 0 Å². The Kier molecular flexibility index (Phi) is 4.89. The molecule has 1 atom stereocenters. The van der Waals surface area contributed by atoms with Gasteiger partial charge in [0.2, 0.25) is 11.9 Å². The van der Waals surface area contributed by atoms with Gasteiger partial charge in [0.1, 0.15) is 5.82 Å². The van der Waals surface area contributed by atoms with Crippen LogP contribution in [-0.4, -0.2) is 21.0 Å². The zero-order chi connectivity index (χ0) is 14.5. The summed E-state index contributed by atoms with van der Waals surface area (Å²) in [5.41, 5.74) is 7.03. The molecule has 2 heterocycles.